The molecule has 140 valence electrons. The number of anilines is 2. The SMILES string of the molecule is CCCCn1ccc(N2CCC(O)(c3ccc(Cl)cc3)CC2)c(N)c1=O. The van der Waals surface area contributed by atoms with E-state index >= 15 is 0 Å². The van der Waals surface area contributed by atoms with E-state index in [0.717, 1.165) is 24.1 Å². The lowest BCUT2D eigenvalue weighted by molar-refractivity contribution is 0.0118. The van der Waals surface area contributed by atoms with Crippen molar-refractivity contribution in [2.24, 2.45) is 0 Å². The van der Waals surface area contributed by atoms with Crippen LogP contribution < -0.4 is 16.2 Å². The largest absolute Gasteiger partial charge is 0.393 e. The topological polar surface area (TPSA) is 71.5 Å². The number of pyridine rings is 1. The highest BCUT2D eigenvalue weighted by Crippen LogP contribution is 2.35. The van der Waals surface area contributed by atoms with Crippen LogP contribution >= 0.6 is 11.6 Å². The smallest absolute Gasteiger partial charge is 0.275 e. The highest BCUT2D eigenvalue weighted by Gasteiger charge is 2.34. The number of nitrogens with zero attached hydrogens (tertiary/aromatic N) is 2. The number of benzene rings is 1. The van der Waals surface area contributed by atoms with E-state index in [9.17, 15) is 9.90 Å². The fourth-order valence-electron chi connectivity index (χ4n) is 3.53. The monoisotopic (exact) mass is 375 g/mol. The standard InChI is InChI=1S/C20H26ClN3O2/c1-2-3-11-24-12-8-17(18(22)19(24)25)23-13-9-20(26,10-14-23)15-4-6-16(21)7-5-15/h4-8,12,26H,2-3,9-11,13-14,22H2,1H3. The molecule has 2 heterocycles. The fraction of sp³-hybridized carbons (Fsp3) is 0.450. The van der Waals surface area contributed by atoms with Crippen LogP contribution in [0.4, 0.5) is 11.4 Å². The molecule has 0 saturated carbocycles. The van der Waals surface area contributed by atoms with Crippen LogP contribution in [0, 0.1) is 0 Å². The van der Waals surface area contributed by atoms with Crippen molar-refractivity contribution in [1.82, 2.24) is 4.57 Å². The molecule has 0 bridgehead atoms. The highest BCUT2D eigenvalue weighted by atomic mass is 35.5. The van der Waals surface area contributed by atoms with Crippen LogP contribution in [0.3, 0.4) is 0 Å². The van der Waals surface area contributed by atoms with E-state index in [1.54, 1.807) is 16.7 Å². The van der Waals surface area contributed by atoms with E-state index in [-0.39, 0.29) is 5.56 Å². The van der Waals surface area contributed by atoms with Gasteiger partial charge in [0, 0.05) is 30.9 Å². The molecule has 1 aromatic carbocycles. The third-order valence-electron chi connectivity index (χ3n) is 5.25. The molecule has 1 aliphatic rings. The van der Waals surface area contributed by atoms with Crippen LogP contribution in [-0.4, -0.2) is 22.8 Å². The molecule has 0 unspecified atom stereocenters. The van der Waals surface area contributed by atoms with Crippen LogP contribution in [0.2, 0.25) is 5.02 Å². The van der Waals surface area contributed by atoms with Crippen molar-refractivity contribution in [3.8, 4) is 0 Å². The van der Waals surface area contributed by atoms with Crippen molar-refractivity contribution in [3.05, 3.63) is 57.5 Å². The Balaban J connectivity index is 1.74. The average Bonchev–Trinajstić information content (AvgIpc) is 2.64. The van der Waals surface area contributed by atoms with E-state index in [1.165, 1.54) is 0 Å². The second kappa shape index (κ2) is 7.72. The number of hydrogen-bond donors (Lipinski definition) is 2. The lowest BCUT2D eigenvalue weighted by Crippen LogP contribution is -2.43. The van der Waals surface area contributed by atoms with Gasteiger partial charge in [0.25, 0.3) is 5.56 Å². The summed E-state index contributed by atoms with van der Waals surface area (Å²) in [5.74, 6) is 0. The van der Waals surface area contributed by atoms with Gasteiger partial charge in [0.2, 0.25) is 0 Å². The maximum Gasteiger partial charge on any atom is 0.275 e. The number of unbranched alkanes of at least 4 members (excludes halogenated alkanes) is 1. The molecule has 3 N–H and O–H groups in total. The second-order valence-corrected chi connectivity index (χ2v) is 7.43. The zero-order chi connectivity index (χ0) is 18.7. The van der Waals surface area contributed by atoms with Crippen molar-refractivity contribution >= 4 is 23.0 Å². The summed E-state index contributed by atoms with van der Waals surface area (Å²) in [6.07, 6.45) is 4.96. The Labute approximate surface area is 159 Å². The third-order valence-corrected chi connectivity index (χ3v) is 5.50. The molecular weight excluding hydrogens is 350 g/mol. The number of aromatic nitrogens is 1. The number of nitrogens with two attached hydrogens (primary N) is 1. The molecule has 3 rings (SSSR count). The van der Waals surface area contributed by atoms with Gasteiger partial charge in [0.05, 0.1) is 11.3 Å². The van der Waals surface area contributed by atoms with Gasteiger partial charge in [-0.2, -0.15) is 0 Å². The van der Waals surface area contributed by atoms with Crippen LogP contribution in [0.25, 0.3) is 0 Å². The number of rotatable bonds is 5. The molecule has 5 nitrogen and oxygen atoms in total. The van der Waals surface area contributed by atoms with Crippen molar-refractivity contribution in [1.29, 1.82) is 0 Å². The molecule has 0 aliphatic carbocycles. The molecule has 26 heavy (non-hydrogen) atoms. The van der Waals surface area contributed by atoms with Crippen molar-refractivity contribution in [3.63, 3.8) is 0 Å². The van der Waals surface area contributed by atoms with E-state index in [4.69, 9.17) is 17.3 Å². The molecule has 0 radical (unpaired) electrons. The molecule has 1 saturated heterocycles. The number of nitrogen functional groups attached to an aromatic ring is 1. The van der Waals surface area contributed by atoms with Crippen molar-refractivity contribution < 1.29 is 5.11 Å². The summed E-state index contributed by atoms with van der Waals surface area (Å²) in [7, 11) is 0. The number of aliphatic hydroxyl groups is 1. The highest BCUT2D eigenvalue weighted by molar-refractivity contribution is 6.30. The van der Waals surface area contributed by atoms with Gasteiger partial charge in [-0.25, -0.2) is 0 Å². The Morgan fingerprint density at radius 2 is 1.85 bits per heavy atom. The van der Waals surface area contributed by atoms with E-state index < -0.39 is 5.60 Å². The number of halogens is 1. The summed E-state index contributed by atoms with van der Waals surface area (Å²) in [4.78, 5) is 14.6. The fourth-order valence-corrected chi connectivity index (χ4v) is 3.65. The number of hydrogen-bond acceptors (Lipinski definition) is 4. The normalized spacial score (nSPS) is 16.7. The Morgan fingerprint density at radius 3 is 2.46 bits per heavy atom. The minimum absolute atomic E-state index is 0.130. The van der Waals surface area contributed by atoms with E-state index in [1.807, 2.05) is 24.4 Å². The Morgan fingerprint density at radius 1 is 1.19 bits per heavy atom. The first-order chi connectivity index (χ1) is 12.4. The molecule has 1 aromatic heterocycles. The zero-order valence-corrected chi connectivity index (χ0v) is 15.9. The minimum atomic E-state index is -0.869. The second-order valence-electron chi connectivity index (χ2n) is 6.99. The maximum absolute atomic E-state index is 12.5. The van der Waals surface area contributed by atoms with Crippen LogP contribution in [0.5, 0.6) is 0 Å². The van der Waals surface area contributed by atoms with E-state index in [2.05, 4.69) is 11.8 Å². The average molecular weight is 376 g/mol. The third kappa shape index (κ3) is 3.74. The van der Waals surface area contributed by atoms with Gasteiger partial charge in [-0.3, -0.25) is 4.79 Å². The molecule has 6 heteroatoms. The first-order valence-electron chi connectivity index (χ1n) is 9.17. The summed E-state index contributed by atoms with van der Waals surface area (Å²) in [5, 5.41) is 11.7. The molecule has 1 fully saturated rings. The van der Waals surface area contributed by atoms with Crippen molar-refractivity contribution in [2.75, 3.05) is 23.7 Å². The lowest BCUT2D eigenvalue weighted by Gasteiger charge is -2.40. The summed E-state index contributed by atoms with van der Waals surface area (Å²) < 4.78 is 1.68. The first-order valence-corrected chi connectivity index (χ1v) is 9.55. The first kappa shape index (κ1) is 18.8. The zero-order valence-electron chi connectivity index (χ0n) is 15.1. The molecule has 0 amide bonds. The van der Waals surface area contributed by atoms with E-state index in [0.29, 0.717) is 43.2 Å². The van der Waals surface area contributed by atoms with Gasteiger partial charge < -0.3 is 20.3 Å². The predicted octanol–water partition coefficient (Wildman–Crippen LogP) is 3.37. The minimum Gasteiger partial charge on any atom is -0.393 e. The summed E-state index contributed by atoms with van der Waals surface area (Å²) in [6, 6.07) is 9.27. The summed E-state index contributed by atoms with van der Waals surface area (Å²) >= 11 is 5.94. The molecule has 0 spiro atoms. The summed E-state index contributed by atoms with van der Waals surface area (Å²) in [5.41, 5.74) is 7.07. The van der Waals surface area contributed by atoms with Gasteiger partial charge in [-0.1, -0.05) is 37.1 Å². The molecule has 1 aliphatic heterocycles. The molecule has 2 aromatic rings. The van der Waals surface area contributed by atoms with Gasteiger partial charge in [0.15, 0.2) is 0 Å². The Bertz CT molecular complexity index is 809. The maximum atomic E-state index is 12.5. The molecular formula is C20H26ClN3O2. The molecule has 0 atom stereocenters. The lowest BCUT2D eigenvalue weighted by atomic mass is 9.84. The number of aryl methyl sites for hydroxylation is 1. The van der Waals surface area contributed by atoms with Crippen LogP contribution in [-0.2, 0) is 12.1 Å². The predicted molar refractivity (Wildman–Crippen MR) is 107 cm³/mol. The Hall–Kier alpha value is -1.98. The Kier molecular flexibility index (Phi) is 5.58. The number of piperidine rings is 1. The van der Waals surface area contributed by atoms with Gasteiger partial charge in [0.1, 0.15) is 5.69 Å². The van der Waals surface area contributed by atoms with Crippen molar-refractivity contribution in [2.45, 2.75) is 44.8 Å². The van der Waals surface area contributed by atoms with Gasteiger partial charge >= 0.3 is 0 Å². The van der Waals surface area contributed by atoms with Crippen LogP contribution in [0.15, 0.2) is 41.3 Å². The quantitative estimate of drug-likeness (QED) is 0.840. The summed E-state index contributed by atoms with van der Waals surface area (Å²) in [6.45, 7) is 4.07. The van der Waals surface area contributed by atoms with Gasteiger partial charge in [-0.05, 0) is 43.0 Å². The van der Waals surface area contributed by atoms with Crippen LogP contribution in [0.1, 0.15) is 38.2 Å². The van der Waals surface area contributed by atoms with Gasteiger partial charge in [-0.15, -0.1) is 0 Å².